The summed E-state index contributed by atoms with van der Waals surface area (Å²) in [7, 11) is 0. The van der Waals surface area contributed by atoms with Crippen LogP contribution >= 0.6 is 36.4 Å². The molecule has 1 aliphatic heterocycles. The first kappa shape index (κ1) is 27.7. The van der Waals surface area contributed by atoms with Crippen molar-refractivity contribution in [1.82, 2.24) is 14.9 Å². The van der Waals surface area contributed by atoms with Gasteiger partial charge in [0.2, 0.25) is 5.91 Å². The summed E-state index contributed by atoms with van der Waals surface area (Å²) in [5.74, 6) is 1.34. The third-order valence-electron chi connectivity index (χ3n) is 5.47. The standard InChI is InChI=1S/C24H26ClN5O2.2ClH/c25-20-8-6-18(7-9-20)14-21(26)24(31)30-12-10-29(11-13-30)23-22(15-27-17-28-23)32-16-19-4-2-1-3-5-19;;/h1-9,15,17,21H,10-14,16,26H2;2*1H/t21-;;/m1../s1. The van der Waals surface area contributed by atoms with Gasteiger partial charge in [0.25, 0.3) is 0 Å². The fourth-order valence-corrected chi connectivity index (χ4v) is 3.85. The second-order valence-corrected chi connectivity index (χ2v) is 8.17. The third kappa shape index (κ3) is 7.21. The van der Waals surface area contributed by atoms with Crippen LogP contribution < -0.4 is 15.4 Å². The summed E-state index contributed by atoms with van der Waals surface area (Å²) in [5, 5.41) is 0.668. The van der Waals surface area contributed by atoms with E-state index in [1.165, 1.54) is 6.33 Å². The number of hydrogen-bond donors (Lipinski definition) is 1. The molecule has 2 heterocycles. The van der Waals surface area contributed by atoms with Gasteiger partial charge in [-0.15, -0.1) is 24.8 Å². The molecule has 0 bridgehead atoms. The SMILES string of the molecule is Cl.Cl.N[C@H](Cc1ccc(Cl)cc1)C(=O)N1CCN(c2ncncc2OCc2ccccc2)CC1. The Morgan fingerprint density at radius 3 is 2.35 bits per heavy atom. The smallest absolute Gasteiger partial charge is 0.239 e. The molecule has 0 unspecified atom stereocenters. The summed E-state index contributed by atoms with van der Waals surface area (Å²) in [6.07, 6.45) is 3.69. The van der Waals surface area contributed by atoms with Gasteiger partial charge in [-0.3, -0.25) is 4.79 Å². The molecular weight excluding hydrogens is 497 g/mol. The number of nitrogens with two attached hydrogens (primary N) is 1. The van der Waals surface area contributed by atoms with E-state index in [1.807, 2.05) is 59.5 Å². The van der Waals surface area contributed by atoms with Crippen LogP contribution in [0.4, 0.5) is 5.82 Å². The van der Waals surface area contributed by atoms with Crippen molar-refractivity contribution in [3.8, 4) is 5.75 Å². The van der Waals surface area contributed by atoms with Crippen molar-refractivity contribution >= 4 is 48.1 Å². The Balaban J connectivity index is 0.00000204. The number of aromatic nitrogens is 2. The van der Waals surface area contributed by atoms with Gasteiger partial charge in [0.05, 0.1) is 12.2 Å². The highest BCUT2D eigenvalue weighted by Gasteiger charge is 2.27. The largest absolute Gasteiger partial charge is 0.483 e. The molecule has 1 amide bonds. The number of carbonyl (C=O) groups excluding carboxylic acids is 1. The average Bonchev–Trinajstić information content (AvgIpc) is 2.84. The Hall–Kier alpha value is -2.58. The molecule has 0 aliphatic carbocycles. The predicted molar refractivity (Wildman–Crippen MR) is 139 cm³/mol. The van der Waals surface area contributed by atoms with Crippen LogP contribution in [0.5, 0.6) is 5.75 Å². The quantitative estimate of drug-likeness (QED) is 0.506. The monoisotopic (exact) mass is 523 g/mol. The highest BCUT2D eigenvalue weighted by Crippen LogP contribution is 2.26. The molecule has 182 valence electrons. The number of halogens is 3. The van der Waals surface area contributed by atoms with Crippen LogP contribution in [0.1, 0.15) is 11.1 Å². The van der Waals surface area contributed by atoms with E-state index in [0.717, 1.165) is 16.9 Å². The van der Waals surface area contributed by atoms with Gasteiger partial charge in [-0.25, -0.2) is 9.97 Å². The first-order chi connectivity index (χ1) is 15.6. The van der Waals surface area contributed by atoms with Crippen molar-refractivity contribution in [2.45, 2.75) is 19.1 Å². The highest BCUT2D eigenvalue weighted by atomic mass is 35.5. The van der Waals surface area contributed by atoms with Crippen LogP contribution in [0.15, 0.2) is 67.1 Å². The van der Waals surface area contributed by atoms with Crippen molar-refractivity contribution < 1.29 is 9.53 Å². The van der Waals surface area contributed by atoms with Gasteiger partial charge in [0.15, 0.2) is 11.6 Å². The average molecular weight is 525 g/mol. The number of amides is 1. The number of rotatable bonds is 7. The first-order valence-corrected chi connectivity index (χ1v) is 11.0. The van der Waals surface area contributed by atoms with Gasteiger partial charge in [0, 0.05) is 31.2 Å². The number of anilines is 1. The molecular formula is C24H28Cl3N5O2. The van der Waals surface area contributed by atoms with E-state index in [2.05, 4.69) is 14.9 Å². The zero-order valence-corrected chi connectivity index (χ0v) is 20.9. The number of carbonyl (C=O) groups is 1. The molecule has 2 aromatic carbocycles. The van der Waals surface area contributed by atoms with E-state index in [0.29, 0.717) is 50.0 Å². The molecule has 34 heavy (non-hydrogen) atoms. The second kappa shape index (κ2) is 13.3. The lowest BCUT2D eigenvalue weighted by Crippen LogP contribution is -2.53. The molecule has 4 rings (SSSR count). The van der Waals surface area contributed by atoms with Gasteiger partial charge < -0.3 is 20.3 Å². The molecule has 1 atom stereocenters. The van der Waals surface area contributed by atoms with Gasteiger partial charge in [-0.1, -0.05) is 54.1 Å². The van der Waals surface area contributed by atoms with Crippen LogP contribution in [-0.4, -0.2) is 53.0 Å². The minimum absolute atomic E-state index is 0. The van der Waals surface area contributed by atoms with E-state index in [-0.39, 0.29) is 30.7 Å². The molecule has 0 spiro atoms. The Bertz CT molecular complexity index is 1030. The molecule has 3 aromatic rings. The summed E-state index contributed by atoms with van der Waals surface area (Å²) in [6, 6.07) is 16.8. The fourth-order valence-electron chi connectivity index (χ4n) is 3.72. The predicted octanol–water partition coefficient (Wildman–Crippen LogP) is 3.77. The van der Waals surface area contributed by atoms with Crippen molar-refractivity contribution in [2.75, 3.05) is 31.1 Å². The Morgan fingerprint density at radius 1 is 1.00 bits per heavy atom. The van der Waals surface area contributed by atoms with E-state index < -0.39 is 6.04 Å². The molecule has 10 heteroatoms. The fraction of sp³-hybridized carbons (Fsp3) is 0.292. The minimum atomic E-state index is -0.577. The van der Waals surface area contributed by atoms with Crippen LogP contribution in [-0.2, 0) is 17.8 Å². The Morgan fingerprint density at radius 2 is 1.68 bits per heavy atom. The molecule has 1 aliphatic rings. The zero-order chi connectivity index (χ0) is 22.3. The molecule has 0 radical (unpaired) electrons. The molecule has 0 saturated carbocycles. The van der Waals surface area contributed by atoms with Crippen molar-refractivity contribution in [1.29, 1.82) is 0 Å². The molecule has 1 fully saturated rings. The topological polar surface area (TPSA) is 84.6 Å². The second-order valence-electron chi connectivity index (χ2n) is 7.73. The van der Waals surface area contributed by atoms with Crippen LogP contribution in [0.2, 0.25) is 5.02 Å². The lowest BCUT2D eigenvalue weighted by atomic mass is 10.1. The van der Waals surface area contributed by atoms with E-state index in [4.69, 9.17) is 22.1 Å². The number of ether oxygens (including phenoxy) is 1. The summed E-state index contributed by atoms with van der Waals surface area (Å²) in [5.41, 5.74) is 8.28. The summed E-state index contributed by atoms with van der Waals surface area (Å²) in [4.78, 5) is 25.3. The van der Waals surface area contributed by atoms with Crippen LogP contribution in [0.25, 0.3) is 0 Å². The number of piperazine rings is 1. The Kier molecular flexibility index (Phi) is 10.9. The number of nitrogens with zero attached hydrogens (tertiary/aromatic N) is 4. The summed E-state index contributed by atoms with van der Waals surface area (Å²) in [6.45, 7) is 2.90. The third-order valence-corrected chi connectivity index (χ3v) is 5.72. The molecule has 7 nitrogen and oxygen atoms in total. The number of benzene rings is 2. The maximum absolute atomic E-state index is 12.8. The van der Waals surface area contributed by atoms with Crippen molar-refractivity contribution in [3.63, 3.8) is 0 Å². The van der Waals surface area contributed by atoms with E-state index >= 15 is 0 Å². The van der Waals surface area contributed by atoms with Gasteiger partial charge in [-0.05, 0) is 29.7 Å². The summed E-state index contributed by atoms with van der Waals surface area (Å²) >= 11 is 5.93. The van der Waals surface area contributed by atoms with E-state index in [9.17, 15) is 4.79 Å². The molecule has 1 aromatic heterocycles. The number of hydrogen-bond acceptors (Lipinski definition) is 6. The zero-order valence-electron chi connectivity index (χ0n) is 18.5. The van der Waals surface area contributed by atoms with Crippen molar-refractivity contribution in [2.24, 2.45) is 5.73 Å². The highest BCUT2D eigenvalue weighted by molar-refractivity contribution is 6.30. The van der Waals surface area contributed by atoms with Gasteiger partial charge >= 0.3 is 0 Å². The normalized spacial score (nSPS) is 13.9. The Labute approximate surface area is 217 Å². The van der Waals surface area contributed by atoms with Crippen molar-refractivity contribution in [3.05, 3.63) is 83.3 Å². The molecule has 2 N–H and O–H groups in total. The van der Waals surface area contributed by atoms with Gasteiger partial charge in [0.1, 0.15) is 12.9 Å². The lowest BCUT2D eigenvalue weighted by molar-refractivity contribution is -0.132. The lowest BCUT2D eigenvalue weighted by Gasteiger charge is -2.36. The van der Waals surface area contributed by atoms with Crippen LogP contribution in [0.3, 0.4) is 0 Å². The summed E-state index contributed by atoms with van der Waals surface area (Å²) < 4.78 is 5.99. The maximum atomic E-state index is 12.8. The van der Waals surface area contributed by atoms with Crippen LogP contribution in [0, 0.1) is 0 Å². The maximum Gasteiger partial charge on any atom is 0.239 e. The first-order valence-electron chi connectivity index (χ1n) is 10.6. The van der Waals surface area contributed by atoms with Gasteiger partial charge in [-0.2, -0.15) is 0 Å². The molecule has 1 saturated heterocycles. The minimum Gasteiger partial charge on any atom is -0.483 e. The van der Waals surface area contributed by atoms with E-state index in [1.54, 1.807) is 6.20 Å².